The highest BCUT2D eigenvalue weighted by Gasteiger charge is 2.14. The van der Waals surface area contributed by atoms with Gasteiger partial charge in [-0.3, -0.25) is 19.7 Å². The van der Waals surface area contributed by atoms with Gasteiger partial charge in [0.2, 0.25) is 0 Å². The Bertz CT molecular complexity index is 1530. The van der Waals surface area contributed by atoms with E-state index in [1.54, 1.807) is 24.7 Å². The Kier molecular flexibility index (Phi) is 7.08. The van der Waals surface area contributed by atoms with Crippen molar-refractivity contribution in [3.8, 4) is 11.8 Å². The first-order valence-corrected chi connectivity index (χ1v) is 12.2. The number of anilines is 2. The minimum absolute atomic E-state index is 0.236. The zero-order chi connectivity index (χ0) is 25.8. The number of fused-ring (bicyclic) bond motifs is 1. The molecule has 5 rings (SSSR count). The summed E-state index contributed by atoms with van der Waals surface area (Å²) in [5, 5.41) is 3.82. The maximum Gasteiger partial charge on any atom is 0.257 e. The molecule has 8 nitrogen and oxygen atoms in total. The minimum Gasteiger partial charge on any atom is -0.382 e. The molecule has 186 valence electrons. The number of aromatic nitrogens is 3. The monoisotopic (exact) mass is 492 g/mol. The second-order valence-electron chi connectivity index (χ2n) is 9.05. The van der Waals surface area contributed by atoms with Crippen molar-refractivity contribution in [3.63, 3.8) is 0 Å². The van der Waals surface area contributed by atoms with Gasteiger partial charge in [-0.1, -0.05) is 17.9 Å². The summed E-state index contributed by atoms with van der Waals surface area (Å²) in [4.78, 5) is 28.3. The smallest absolute Gasteiger partial charge is 0.257 e. The molecule has 1 aromatic carbocycles. The number of benzene rings is 1. The second-order valence-corrected chi connectivity index (χ2v) is 9.05. The van der Waals surface area contributed by atoms with Crippen LogP contribution in [0.1, 0.15) is 38.3 Å². The molecule has 4 aromatic rings. The molecule has 1 aliphatic rings. The Labute approximate surface area is 215 Å². The van der Waals surface area contributed by atoms with E-state index in [0.717, 1.165) is 55.2 Å². The molecule has 1 amide bonds. The number of rotatable bonds is 4. The van der Waals surface area contributed by atoms with E-state index in [1.807, 2.05) is 31.2 Å². The van der Waals surface area contributed by atoms with Crippen molar-refractivity contribution < 1.29 is 9.53 Å². The molecule has 1 saturated heterocycles. The lowest BCUT2D eigenvalue weighted by Gasteiger charge is -2.27. The highest BCUT2D eigenvalue weighted by molar-refractivity contribution is 6.04. The Balaban J connectivity index is 1.33. The van der Waals surface area contributed by atoms with Crippen molar-refractivity contribution in [1.29, 1.82) is 0 Å². The molecule has 3 aromatic heterocycles. The van der Waals surface area contributed by atoms with Gasteiger partial charge in [0.15, 0.2) is 0 Å². The predicted octanol–water partition coefficient (Wildman–Crippen LogP) is 3.71. The van der Waals surface area contributed by atoms with E-state index in [4.69, 9.17) is 10.5 Å². The first-order valence-electron chi connectivity index (χ1n) is 12.2. The van der Waals surface area contributed by atoms with Gasteiger partial charge < -0.3 is 15.8 Å². The third-order valence-electron chi connectivity index (χ3n) is 6.45. The molecule has 4 heterocycles. The zero-order valence-electron chi connectivity index (χ0n) is 20.9. The number of nitrogen functional groups attached to an aromatic ring is 1. The molecule has 37 heavy (non-hydrogen) atoms. The van der Waals surface area contributed by atoms with Crippen molar-refractivity contribution in [2.24, 2.45) is 0 Å². The standard InChI is InChI=1S/C29H28N6O2/c1-19-14-25(8-7-23(19)18-35-10-12-37-13-11-35)34-29(36)24-15-21(20(2)32-17-24)5-6-22-16-33-28(30)27-26(22)4-3-9-31-27/h3-4,7-9,14-17H,10-13,18H2,1-2H3,(H2,30,33)(H,34,36). The van der Waals surface area contributed by atoms with E-state index in [2.05, 4.69) is 50.0 Å². The Morgan fingerprint density at radius 2 is 1.86 bits per heavy atom. The summed E-state index contributed by atoms with van der Waals surface area (Å²) in [5.41, 5.74) is 12.2. The van der Waals surface area contributed by atoms with Gasteiger partial charge in [-0.05, 0) is 55.3 Å². The van der Waals surface area contributed by atoms with Crippen LogP contribution in [0.2, 0.25) is 0 Å². The first-order chi connectivity index (χ1) is 18.0. The molecule has 0 radical (unpaired) electrons. The number of aryl methyl sites for hydroxylation is 2. The number of hydrogen-bond donors (Lipinski definition) is 2. The lowest BCUT2D eigenvalue weighted by atomic mass is 10.1. The van der Waals surface area contributed by atoms with E-state index in [-0.39, 0.29) is 5.91 Å². The maximum absolute atomic E-state index is 13.0. The van der Waals surface area contributed by atoms with Gasteiger partial charge >= 0.3 is 0 Å². The van der Waals surface area contributed by atoms with Crippen LogP contribution in [-0.4, -0.2) is 52.1 Å². The van der Waals surface area contributed by atoms with Crippen molar-refractivity contribution >= 4 is 28.3 Å². The summed E-state index contributed by atoms with van der Waals surface area (Å²) < 4.78 is 5.43. The molecular formula is C29H28N6O2. The molecule has 0 atom stereocenters. The number of carbonyl (C=O) groups is 1. The summed E-state index contributed by atoms with van der Waals surface area (Å²) >= 11 is 0. The van der Waals surface area contributed by atoms with E-state index < -0.39 is 0 Å². The van der Waals surface area contributed by atoms with E-state index >= 15 is 0 Å². The number of hydrogen-bond acceptors (Lipinski definition) is 7. The summed E-state index contributed by atoms with van der Waals surface area (Å²) in [6.45, 7) is 8.23. The zero-order valence-corrected chi connectivity index (χ0v) is 20.9. The van der Waals surface area contributed by atoms with Gasteiger partial charge in [-0.2, -0.15) is 0 Å². The largest absolute Gasteiger partial charge is 0.382 e. The first kappa shape index (κ1) is 24.4. The number of carbonyl (C=O) groups excluding carboxylic acids is 1. The fourth-order valence-electron chi connectivity index (χ4n) is 4.26. The van der Waals surface area contributed by atoms with Crippen LogP contribution in [0.4, 0.5) is 11.5 Å². The molecule has 0 saturated carbocycles. The average Bonchev–Trinajstić information content (AvgIpc) is 2.91. The fourth-order valence-corrected chi connectivity index (χ4v) is 4.26. The van der Waals surface area contributed by atoms with Crippen LogP contribution >= 0.6 is 0 Å². The molecule has 3 N–H and O–H groups in total. The minimum atomic E-state index is -0.236. The summed E-state index contributed by atoms with van der Waals surface area (Å²) in [6, 6.07) is 11.5. The number of pyridine rings is 3. The van der Waals surface area contributed by atoms with Crippen LogP contribution in [0.15, 0.2) is 55.0 Å². The van der Waals surface area contributed by atoms with E-state index in [9.17, 15) is 4.79 Å². The highest BCUT2D eigenvalue weighted by Crippen LogP contribution is 2.21. The van der Waals surface area contributed by atoms with E-state index in [0.29, 0.717) is 28.0 Å². The second kappa shape index (κ2) is 10.7. The van der Waals surface area contributed by atoms with Crippen LogP contribution in [0.3, 0.4) is 0 Å². The molecule has 0 aliphatic carbocycles. The van der Waals surface area contributed by atoms with Crippen LogP contribution < -0.4 is 11.1 Å². The molecule has 1 aliphatic heterocycles. The van der Waals surface area contributed by atoms with Crippen molar-refractivity contribution in [2.45, 2.75) is 20.4 Å². The molecular weight excluding hydrogens is 464 g/mol. The van der Waals surface area contributed by atoms with Crippen molar-refractivity contribution in [1.82, 2.24) is 19.9 Å². The molecule has 0 bridgehead atoms. The van der Waals surface area contributed by atoms with Gasteiger partial charge in [0.05, 0.1) is 30.0 Å². The van der Waals surface area contributed by atoms with Crippen molar-refractivity contribution in [2.75, 3.05) is 37.4 Å². The SMILES string of the molecule is Cc1cc(NC(=O)c2cnc(C)c(C#Cc3cnc(N)c4ncccc34)c2)ccc1CN1CCOCC1. The highest BCUT2D eigenvalue weighted by atomic mass is 16.5. The van der Waals surface area contributed by atoms with Crippen LogP contribution in [-0.2, 0) is 11.3 Å². The summed E-state index contributed by atoms with van der Waals surface area (Å²) in [7, 11) is 0. The molecule has 8 heteroatoms. The van der Waals surface area contributed by atoms with Gasteiger partial charge in [0.1, 0.15) is 11.3 Å². The Morgan fingerprint density at radius 1 is 1.05 bits per heavy atom. The quantitative estimate of drug-likeness (QED) is 0.418. The van der Waals surface area contributed by atoms with Crippen LogP contribution in [0.5, 0.6) is 0 Å². The third kappa shape index (κ3) is 5.59. The van der Waals surface area contributed by atoms with Crippen LogP contribution in [0.25, 0.3) is 10.9 Å². The van der Waals surface area contributed by atoms with Gasteiger partial charge in [0.25, 0.3) is 5.91 Å². The van der Waals surface area contributed by atoms with Crippen LogP contribution in [0, 0.1) is 25.7 Å². The Hall–Kier alpha value is -4.32. The lowest BCUT2D eigenvalue weighted by Crippen LogP contribution is -2.35. The number of amides is 1. The number of morpholine rings is 1. The van der Waals surface area contributed by atoms with Gasteiger partial charge in [-0.15, -0.1) is 0 Å². The molecule has 1 fully saturated rings. The predicted molar refractivity (Wildman–Crippen MR) is 144 cm³/mol. The Morgan fingerprint density at radius 3 is 2.68 bits per heavy atom. The van der Waals surface area contributed by atoms with Crippen molar-refractivity contribution in [3.05, 3.63) is 88.5 Å². The van der Waals surface area contributed by atoms with Gasteiger partial charge in [0, 0.05) is 54.9 Å². The number of ether oxygens (including phenoxy) is 1. The average molecular weight is 493 g/mol. The third-order valence-corrected chi connectivity index (χ3v) is 6.45. The molecule has 0 unspecified atom stereocenters. The number of nitrogens with zero attached hydrogens (tertiary/aromatic N) is 4. The fraction of sp³-hybridized carbons (Fsp3) is 0.241. The molecule has 0 spiro atoms. The lowest BCUT2D eigenvalue weighted by molar-refractivity contribution is 0.0341. The topological polar surface area (TPSA) is 106 Å². The number of nitrogens with two attached hydrogens (primary N) is 1. The normalized spacial score (nSPS) is 13.7. The number of nitrogens with one attached hydrogen (secondary N) is 1. The summed E-state index contributed by atoms with van der Waals surface area (Å²) in [6.07, 6.45) is 4.88. The maximum atomic E-state index is 13.0. The van der Waals surface area contributed by atoms with E-state index in [1.165, 1.54) is 5.56 Å². The summed E-state index contributed by atoms with van der Waals surface area (Å²) in [5.74, 6) is 6.41. The van der Waals surface area contributed by atoms with Gasteiger partial charge in [-0.25, -0.2) is 4.98 Å².